The number of nitrogens with one attached hydrogen (secondary N) is 2. The summed E-state index contributed by atoms with van der Waals surface area (Å²) in [5.41, 5.74) is 3.59. The first-order valence-electron chi connectivity index (χ1n) is 9.56. The second kappa shape index (κ2) is 8.23. The van der Waals surface area contributed by atoms with Crippen molar-refractivity contribution >= 4 is 17.4 Å². The van der Waals surface area contributed by atoms with E-state index in [1.807, 2.05) is 30.3 Å². The highest BCUT2D eigenvalue weighted by Gasteiger charge is 2.27. The van der Waals surface area contributed by atoms with E-state index in [1.165, 1.54) is 18.3 Å². The summed E-state index contributed by atoms with van der Waals surface area (Å²) < 4.78 is 5.43. The van der Waals surface area contributed by atoms with Crippen LogP contribution in [0.2, 0.25) is 0 Å². The Morgan fingerprint density at radius 3 is 2.48 bits per heavy atom. The fourth-order valence-corrected chi connectivity index (χ4v) is 3.47. The van der Waals surface area contributed by atoms with Crippen LogP contribution in [0.25, 0.3) is 16.7 Å². The first-order valence-corrected chi connectivity index (χ1v) is 9.56. The molecule has 0 aromatic heterocycles. The highest BCUT2D eigenvalue weighted by atomic mass is 16.5. The van der Waals surface area contributed by atoms with Gasteiger partial charge in [0.25, 0.3) is 11.8 Å². The van der Waals surface area contributed by atoms with Gasteiger partial charge in [0.05, 0.1) is 12.7 Å². The number of aromatic hydroxyl groups is 2. The Hall–Kier alpha value is -4.26. The highest BCUT2D eigenvalue weighted by Crippen LogP contribution is 2.34. The summed E-state index contributed by atoms with van der Waals surface area (Å²) in [6, 6.07) is 17.3. The zero-order valence-electron chi connectivity index (χ0n) is 16.7. The molecule has 2 amide bonds. The van der Waals surface area contributed by atoms with Gasteiger partial charge in [-0.3, -0.25) is 14.9 Å². The SMILES string of the molecule is COc1ccccc1-c1ccc2c(c1)C(=CNCc1ccc(O)c(O)c1)C(=O)NC2=O. The maximum absolute atomic E-state index is 12.5. The third kappa shape index (κ3) is 3.93. The van der Waals surface area contributed by atoms with Crippen LogP contribution in [0.1, 0.15) is 21.5 Å². The van der Waals surface area contributed by atoms with Gasteiger partial charge < -0.3 is 20.3 Å². The summed E-state index contributed by atoms with van der Waals surface area (Å²) in [7, 11) is 1.59. The maximum atomic E-state index is 12.5. The number of carbonyl (C=O) groups excluding carboxylic acids is 2. The number of amides is 2. The van der Waals surface area contributed by atoms with E-state index in [9.17, 15) is 19.8 Å². The topological polar surface area (TPSA) is 108 Å². The fraction of sp³-hybridized carbons (Fsp3) is 0.0833. The van der Waals surface area contributed by atoms with Gasteiger partial charge in [-0.05, 0) is 41.5 Å². The number of fused-ring (bicyclic) bond motifs is 1. The number of imide groups is 1. The Balaban J connectivity index is 1.69. The summed E-state index contributed by atoms with van der Waals surface area (Å²) in [6.45, 7) is 0.306. The average molecular weight is 416 g/mol. The molecule has 0 fully saturated rings. The second-order valence-electron chi connectivity index (χ2n) is 7.01. The Bertz CT molecular complexity index is 1220. The number of hydrogen-bond donors (Lipinski definition) is 4. The number of rotatable bonds is 5. The zero-order valence-corrected chi connectivity index (χ0v) is 16.7. The van der Waals surface area contributed by atoms with Crippen molar-refractivity contribution in [3.8, 4) is 28.4 Å². The number of para-hydroxylation sites is 1. The molecule has 4 N–H and O–H groups in total. The maximum Gasteiger partial charge on any atom is 0.260 e. The molecule has 0 radical (unpaired) electrons. The summed E-state index contributed by atoms with van der Waals surface area (Å²) in [6.07, 6.45) is 1.54. The molecule has 1 heterocycles. The van der Waals surface area contributed by atoms with Crippen LogP contribution in [-0.4, -0.2) is 29.1 Å². The lowest BCUT2D eigenvalue weighted by Crippen LogP contribution is -2.37. The van der Waals surface area contributed by atoms with Crippen molar-refractivity contribution in [3.05, 3.63) is 83.6 Å². The molecule has 1 aliphatic heterocycles. The molecule has 3 aromatic rings. The van der Waals surface area contributed by atoms with E-state index >= 15 is 0 Å². The lowest BCUT2D eigenvalue weighted by molar-refractivity contribution is -0.114. The summed E-state index contributed by atoms with van der Waals surface area (Å²) in [5, 5.41) is 24.4. The van der Waals surface area contributed by atoms with Crippen LogP contribution in [0.3, 0.4) is 0 Å². The largest absolute Gasteiger partial charge is 0.504 e. The number of ether oxygens (including phenoxy) is 1. The molecule has 0 saturated heterocycles. The first kappa shape index (κ1) is 20.0. The molecular formula is C24H20N2O5. The van der Waals surface area contributed by atoms with Gasteiger partial charge in [-0.1, -0.05) is 30.3 Å². The van der Waals surface area contributed by atoms with E-state index in [2.05, 4.69) is 10.6 Å². The minimum Gasteiger partial charge on any atom is -0.504 e. The van der Waals surface area contributed by atoms with Gasteiger partial charge >= 0.3 is 0 Å². The average Bonchev–Trinajstić information content (AvgIpc) is 2.78. The van der Waals surface area contributed by atoms with Crippen LogP contribution in [0.5, 0.6) is 17.2 Å². The quantitative estimate of drug-likeness (QED) is 0.289. The Morgan fingerprint density at radius 1 is 0.903 bits per heavy atom. The van der Waals surface area contributed by atoms with Crippen LogP contribution >= 0.6 is 0 Å². The van der Waals surface area contributed by atoms with Crippen molar-refractivity contribution in [2.75, 3.05) is 7.11 Å². The Labute approximate surface area is 178 Å². The smallest absolute Gasteiger partial charge is 0.260 e. The van der Waals surface area contributed by atoms with Gasteiger partial charge in [0.1, 0.15) is 5.75 Å². The molecular weight excluding hydrogens is 396 g/mol. The normalized spacial score (nSPS) is 14.2. The van der Waals surface area contributed by atoms with E-state index in [1.54, 1.807) is 25.3 Å². The number of benzene rings is 3. The summed E-state index contributed by atoms with van der Waals surface area (Å²) in [5.74, 6) is -0.697. The first-order chi connectivity index (χ1) is 15.0. The molecule has 0 aliphatic carbocycles. The molecule has 0 saturated carbocycles. The van der Waals surface area contributed by atoms with Crippen LogP contribution in [0.4, 0.5) is 0 Å². The molecule has 4 rings (SSSR count). The molecule has 7 nitrogen and oxygen atoms in total. The Kier molecular flexibility index (Phi) is 5.32. The van der Waals surface area contributed by atoms with E-state index in [0.29, 0.717) is 34.6 Å². The molecule has 1 aliphatic rings. The predicted octanol–water partition coefficient (Wildman–Crippen LogP) is 3.17. The van der Waals surface area contributed by atoms with Gasteiger partial charge in [0, 0.05) is 29.4 Å². The minimum atomic E-state index is -0.504. The monoisotopic (exact) mass is 416 g/mol. The van der Waals surface area contributed by atoms with E-state index in [4.69, 9.17) is 4.74 Å². The standard InChI is InChI=1S/C24H20N2O5/c1-31-22-5-3-2-4-16(22)15-7-8-17-18(11-15)19(24(30)26-23(17)29)13-25-12-14-6-9-20(27)21(28)10-14/h2-11,13,25,27-28H,12H2,1H3,(H,26,29,30). The highest BCUT2D eigenvalue weighted by molar-refractivity contribution is 6.31. The summed E-state index contributed by atoms with van der Waals surface area (Å²) in [4.78, 5) is 24.9. The molecule has 0 bridgehead atoms. The number of carbonyl (C=O) groups is 2. The number of hydrogen-bond acceptors (Lipinski definition) is 6. The van der Waals surface area contributed by atoms with Crippen LogP contribution in [0.15, 0.2) is 66.9 Å². The summed E-state index contributed by atoms with van der Waals surface area (Å²) >= 11 is 0. The molecule has 3 aromatic carbocycles. The van der Waals surface area contributed by atoms with E-state index in [0.717, 1.165) is 11.1 Å². The number of methoxy groups -OCH3 is 1. The molecule has 7 heteroatoms. The van der Waals surface area contributed by atoms with Crippen molar-refractivity contribution in [1.29, 1.82) is 0 Å². The zero-order chi connectivity index (χ0) is 22.0. The van der Waals surface area contributed by atoms with Crippen molar-refractivity contribution in [2.45, 2.75) is 6.54 Å². The minimum absolute atomic E-state index is 0.204. The Morgan fingerprint density at radius 2 is 1.71 bits per heavy atom. The fourth-order valence-electron chi connectivity index (χ4n) is 3.47. The predicted molar refractivity (Wildman–Crippen MR) is 115 cm³/mol. The number of phenols is 2. The van der Waals surface area contributed by atoms with Gasteiger partial charge in [0.2, 0.25) is 0 Å². The van der Waals surface area contributed by atoms with Gasteiger partial charge in [0.15, 0.2) is 11.5 Å². The lowest BCUT2D eigenvalue weighted by atomic mass is 9.91. The van der Waals surface area contributed by atoms with E-state index < -0.39 is 11.8 Å². The lowest BCUT2D eigenvalue weighted by Gasteiger charge is -2.20. The molecule has 0 unspecified atom stereocenters. The van der Waals surface area contributed by atoms with Crippen LogP contribution in [0, 0.1) is 0 Å². The van der Waals surface area contributed by atoms with Crippen LogP contribution < -0.4 is 15.4 Å². The molecule has 0 spiro atoms. The van der Waals surface area contributed by atoms with Crippen molar-refractivity contribution in [2.24, 2.45) is 0 Å². The second-order valence-corrected chi connectivity index (χ2v) is 7.01. The van der Waals surface area contributed by atoms with Gasteiger partial charge in [-0.2, -0.15) is 0 Å². The molecule has 0 atom stereocenters. The molecule has 31 heavy (non-hydrogen) atoms. The van der Waals surface area contributed by atoms with Gasteiger partial charge in [-0.25, -0.2) is 0 Å². The van der Waals surface area contributed by atoms with E-state index in [-0.39, 0.29) is 11.5 Å². The third-order valence-corrected chi connectivity index (χ3v) is 5.04. The van der Waals surface area contributed by atoms with Crippen LogP contribution in [-0.2, 0) is 11.3 Å². The molecule has 156 valence electrons. The van der Waals surface area contributed by atoms with Crippen molar-refractivity contribution in [3.63, 3.8) is 0 Å². The van der Waals surface area contributed by atoms with Crippen molar-refractivity contribution < 1.29 is 24.5 Å². The van der Waals surface area contributed by atoms with Gasteiger partial charge in [-0.15, -0.1) is 0 Å². The third-order valence-electron chi connectivity index (χ3n) is 5.04. The van der Waals surface area contributed by atoms with Crippen molar-refractivity contribution in [1.82, 2.24) is 10.6 Å². The number of phenolic OH excluding ortho intramolecular Hbond substituents is 2.